The third kappa shape index (κ3) is 4.96. The van der Waals surface area contributed by atoms with E-state index in [1.807, 2.05) is 18.2 Å². The van der Waals surface area contributed by atoms with Gasteiger partial charge in [-0.1, -0.05) is 68.2 Å². The topological polar surface area (TPSA) is 96.2 Å². The molecular formula is C29H27Cl3N2O3. The molecule has 4 N–H and O–H groups in total. The third-order valence-corrected chi connectivity index (χ3v) is 8.48. The Kier molecular flexibility index (Phi) is 7.35. The first-order valence-corrected chi connectivity index (χ1v) is 12.9. The zero-order valence-electron chi connectivity index (χ0n) is 20.7. The number of amides is 1. The molecule has 0 aliphatic rings. The second kappa shape index (κ2) is 10.1. The molecule has 0 aliphatic carbocycles. The predicted octanol–water partition coefficient (Wildman–Crippen LogP) is 7.68. The Bertz CT molecular complexity index is 1530. The number of H-pyrrole nitrogens is 1. The average Bonchev–Trinajstić information content (AvgIpc) is 3.30. The molecule has 0 spiro atoms. The van der Waals surface area contributed by atoms with Gasteiger partial charge in [-0.05, 0) is 58.9 Å². The SMILES string of the molecule is CCC(C)(C)c1ccc(C(N)=O)cc1CC(Cl)(c1ccc(Cl)c(Cl)c1)c1c[nH]c2c(C(=O)O)cccc12. The third-order valence-electron chi connectivity index (χ3n) is 7.19. The molecule has 4 aromatic rings. The number of primary amides is 1. The van der Waals surface area contributed by atoms with Crippen LogP contribution >= 0.6 is 34.8 Å². The van der Waals surface area contributed by atoms with E-state index in [0.29, 0.717) is 37.6 Å². The van der Waals surface area contributed by atoms with Crippen LogP contribution in [0.3, 0.4) is 0 Å². The highest BCUT2D eigenvalue weighted by atomic mass is 35.5. The Morgan fingerprint density at radius 1 is 1.00 bits per heavy atom. The lowest BCUT2D eigenvalue weighted by atomic mass is 9.75. The molecule has 1 heterocycles. The van der Waals surface area contributed by atoms with Gasteiger partial charge < -0.3 is 15.8 Å². The molecule has 1 amide bonds. The normalized spacial score (nSPS) is 13.5. The number of nitrogens with one attached hydrogen (secondary N) is 1. The molecule has 4 rings (SSSR count). The minimum atomic E-state index is -1.20. The van der Waals surface area contributed by atoms with Crippen LogP contribution in [0, 0.1) is 0 Å². The standard InChI is InChI=1S/C29H27Cl3N2O3/c1-4-28(2,3)21-10-8-16(26(33)35)12-17(21)14-29(32,18-9-11-23(30)24(31)13-18)22-15-34-25-19(22)6-5-7-20(25)27(36)37/h5-13,15,34H,4,14H2,1-3H3,(H2,33,35)(H,36,37). The second-order valence-corrected chi connectivity index (χ2v) is 11.3. The van der Waals surface area contributed by atoms with Crippen molar-refractivity contribution in [1.29, 1.82) is 0 Å². The van der Waals surface area contributed by atoms with Crippen LogP contribution < -0.4 is 5.73 Å². The van der Waals surface area contributed by atoms with Gasteiger partial charge in [-0.15, -0.1) is 11.6 Å². The quantitative estimate of drug-likeness (QED) is 0.194. The van der Waals surface area contributed by atoms with Crippen LogP contribution in [0.4, 0.5) is 0 Å². The Morgan fingerprint density at radius 2 is 1.73 bits per heavy atom. The number of aromatic carboxylic acids is 1. The highest BCUT2D eigenvalue weighted by Gasteiger charge is 2.37. The van der Waals surface area contributed by atoms with Gasteiger partial charge in [-0.3, -0.25) is 4.79 Å². The van der Waals surface area contributed by atoms with Crippen molar-refractivity contribution < 1.29 is 14.7 Å². The molecule has 0 saturated heterocycles. The molecule has 0 aliphatic heterocycles. The maximum Gasteiger partial charge on any atom is 0.337 e. The number of aromatic nitrogens is 1. The molecule has 1 aromatic heterocycles. The fraction of sp³-hybridized carbons (Fsp3) is 0.241. The zero-order chi connectivity index (χ0) is 27.1. The van der Waals surface area contributed by atoms with Crippen LogP contribution in [0.1, 0.15) is 70.2 Å². The zero-order valence-corrected chi connectivity index (χ0v) is 22.9. The van der Waals surface area contributed by atoms with Gasteiger partial charge in [0.15, 0.2) is 0 Å². The number of hydrogen-bond acceptors (Lipinski definition) is 2. The van der Waals surface area contributed by atoms with E-state index in [2.05, 4.69) is 25.8 Å². The van der Waals surface area contributed by atoms with Crippen LogP contribution in [-0.4, -0.2) is 22.0 Å². The number of rotatable bonds is 8. The number of benzene rings is 3. The summed E-state index contributed by atoms with van der Waals surface area (Å²) in [6.07, 6.45) is 2.86. The summed E-state index contributed by atoms with van der Waals surface area (Å²) in [7, 11) is 0. The Balaban J connectivity index is 2.02. The molecule has 5 nitrogen and oxygen atoms in total. The first-order chi connectivity index (χ1) is 17.4. The van der Waals surface area contributed by atoms with Crippen molar-refractivity contribution in [2.45, 2.75) is 43.9 Å². The van der Waals surface area contributed by atoms with Crippen LogP contribution in [0.25, 0.3) is 10.9 Å². The number of carbonyl (C=O) groups excluding carboxylic acids is 1. The number of carbonyl (C=O) groups is 2. The van der Waals surface area contributed by atoms with Crippen molar-refractivity contribution in [3.8, 4) is 0 Å². The number of hydrogen-bond donors (Lipinski definition) is 3. The van der Waals surface area contributed by atoms with Gasteiger partial charge >= 0.3 is 5.97 Å². The van der Waals surface area contributed by atoms with Crippen LogP contribution in [-0.2, 0) is 16.7 Å². The predicted molar refractivity (Wildman–Crippen MR) is 150 cm³/mol. The van der Waals surface area contributed by atoms with E-state index in [4.69, 9.17) is 40.5 Å². The molecule has 3 aromatic carbocycles. The van der Waals surface area contributed by atoms with Crippen molar-refractivity contribution >= 4 is 57.6 Å². The van der Waals surface area contributed by atoms with Gasteiger partial charge in [0.2, 0.25) is 5.91 Å². The molecule has 0 bridgehead atoms. The summed E-state index contributed by atoms with van der Waals surface area (Å²) in [6.45, 7) is 6.37. The maximum absolute atomic E-state index is 12.1. The summed E-state index contributed by atoms with van der Waals surface area (Å²) < 4.78 is 0. The lowest BCUT2D eigenvalue weighted by Crippen LogP contribution is -2.27. The van der Waals surface area contributed by atoms with Crippen LogP contribution in [0.2, 0.25) is 10.0 Å². The first-order valence-electron chi connectivity index (χ1n) is 11.8. The van der Waals surface area contributed by atoms with Crippen LogP contribution in [0.15, 0.2) is 60.8 Å². The molecule has 8 heteroatoms. The fourth-order valence-corrected chi connectivity index (χ4v) is 5.48. The molecule has 192 valence electrons. The summed E-state index contributed by atoms with van der Waals surface area (Å²) in [5.41, 5.74) is 9.66. The molecule has 37 heavy (non-hydrogen) atoms. The van der Waals surface area contributed by atoms with Gasteiger partial charge in [-0.25, -0.2) is 4.79 Å². The largest absolute Gasteiger partial charge is 0.478 e. The number of carboxylic acid groups (broad SMARTS) is 1. The highest BCUT2D eigenvalue weighted by molar-refractivity contribution is 6.42. The number of aromatic amines is 1. The number of nitrogens with two attached hydrogens (primary N) is 1. The van der Waals surface area contributed by atoms with Gasteiger partial charge in [0.05, 0.1) is 21.1 Å². The summed E-state index contributed by atoms with van der Waals surface area (Å²) in [6, 6.07) is 15.7. The maximum atomic E-state index is 12.1. The van der Waals surface area contributed by atoms with Crippen molar-refractivity contribution in [2.75, 3.05) is 0 Å². The van der Waals surface area contributed by atoms with E-state index in [1.54, 1.807) is 36.5 Å². The van der Waals surface area contributed by atoms with E-state index in [1.165, 1.54) is 6.07 Å². The number of fused-ring (bicyclic) bond motifs is 1. The van der Waals surface area contributed by atoms with E-state index in [0.717, 1.165) is 17.5 Å². The molecule has 1 unspecified atom stereocenters. The van der Waals surface area contributed by atoms with Crippen LogP contribution in [0.5, 0.6) is 0 Å². The highest BCUT2D eigenvalue weighted by Crippen LogP contribution is 2.46. The van der Waals surface area contributed by atoms with Crippen molar-refractivity contribution in [1.82, 2.24) is 4.98 Å². The summed E-state index contributed by atoms with van der Waals surface area (Å²) >= 11 is 20.3. The van der Waals surface area contributed by atoms with Gasteiger partial charge in [0.1, 0.15) is 4.87 Å². The average molecular weight is 558 g/mol. The number of para-hydroxylation sites is 1. The molecular weight excluding hydrogens is 531 g/mol. The first kappa shape index (κ1) is 27.1. The lowest BCUT2D eigenvalue weighted by Gasteiger charge is -2.33. The van der Waals surface area contributed by atoms with Crippen molar-refractivity contribution in [3.05, 3.63) is 104 Å². The van der Waals surface area contributed by atoms with E-state index < -0.39 is 16.8 Å². The Morgan fingerprint density at radius 3 is 2.35 bits per heavy atom. The van der Waals surface area contributed by atoms with E-state index in [-0.39, 0.29) is 17.4 Å². The monoisotopic (exact) mass is 556 g/mol. The van der Waals surface area contributed by atoms with Gasteiger partial charge in [-0.2, -0.15) is 0 Å². The molecule has 1 atom stereocenters. The number of alkyl halides is 1. The van der Waals surface area contributed by atoms with Crippen molar-refractivity contribution in [2.24, 2.45) is 5.73 Å². The molecule has 0 saturated carbocycles. The van der Waals surface area contributed by atoms with E-state index >= 15 is 0 Å². The van der Waals surface area contributed by atoms with E-state index in [9.17, 15) is 14.7 Å². The van der Waals surface area contributed by atoms with Crippen molar-refractivity contribution in [3.63, 3.8) is 0 Å². The molecule has 0 radical (unpaired) electrons. The smallest absolute Gasteiger partial charge is 0.337 e. The summed E-state index contributed by atoms with van der Waals surface area (Å²) in [5.74, 6) is -1.58. The summed E-state index contributed by atoms with van der Waals surface area (Å²) in [5, 5.41) is 11.1. The second-order valence-electron chi connectivity index (χ2n) is 9.82. The van der Waals surface area contributed by atoms with Gasteiger partial charge in [0, 0.05) is 29.1 Å². The fourth-order valence-electron chi connectivity index (χ4n) is 4.76. The number of carboxylic acids is 1. The minimum Gasteiger partial charge on any atom is -0.478 e. The Labute approximate surface area is 230 Å². The minimum absolute atomic E-state index is 0.139. The Hall–Kier alpha value is -2.99. The lowest BCUT2D eigenvalue weighted by molar-refractivity contribution is 0.0698. The molecule has 0 fully saturated rings. The number of halogens is 3. The summed E-state index contributed by atoms with van der Waals surface area (Å²) in [4.78, 5) is 25.9. The van der Waals surface area contributed by atoms with Gasteiger partial charge in [0.25, 0.3) is 0 Å².